The molecule has 0 spiro atoms. The van der Waals surface area contributed by atoms with Gasteiger partial charge in [-0.15, -0.1) is 0 Å². The van der Waals surface area contributed by atoms with Gasteiger partial charge in [0.15, 0.2) is 0 Å². The normalized spacial score (nSPS) is 11.1. The number of unbranched alkanes of at least 4 members (excludes halogenated alkanes) is 52. The highest BCUT2D eigenvalue weighted by Crippen LogP contribution is 2.17. The van der Waals surface area contributed by atoms with Gasteiger partial charge < -0.3 is 18.9 Å². The predicted molar refractivity (Wildman–Crippen MR) is 330 cm³/mol. The Balaban J connectivity index is 0. The largest absolute Gasteiger partial charge is 0.465 e. The third kappa shape index (κ3) is 69.9. The lowest BCUT2D eigenvalue weighted by Gasteiger charge is -2.07. The Morgan fingerprint density at radius 1 is 0.182 bits per heavy atom. The van der Waals surface area contributed by atoms with Crippen molar-refractivity contribution < 1.29 is 38.1 Å². The minimum absolute atomic E-state index is 0.253. The average Bonchev–Trinajstić information content (AvgIpc) is 3.43. The van der Waals surface area contributed by atoms with Crippen molar-refractivity contribution in [2.45, 2.75) is 394 Å². The van der Waals surface area contributed by atoms with Crippen LogP contribution < -0.4 is 0 Å². The molecule has 0 aromatic carbocycles. The lowest BCUT2D eigenvalue weighted by Crippen LogP contribution is -2.21. The van der Waals surface area contributed by atoms with Gasteiger partial charge in [0.05, 0.1) is 26.4 Å². The molecular weight excluding hydrogens is 957 g/mol. The van der Waals surface area contributed by atoms with Crippen LogP contribution in [0.3, 0.4) is 0 Å². The van der Waals surface area contributed by atoms with Crippen molar-refractivity contribution in [3.05, 3.63) is 0 Å². The Morgan fingerprint density at radius 3 is 0.468 bits per heavy atom. The fraction of sp³-hybridized carbons (Fsp3) is 0.942. The van der Waals surface area contributed by atoms with Crippen LogP contribution in [-0.4, -0.2) is 50.3 Å². The SMILES string of the molecule is CCCCCCCCCCCCCCCCOC(=O)C(=O)OCCCCCCCCCCCCCCCC.CCCCCCCCCCCCCCCCOC(=O)CC(=O)OCCCCCCCCCCCCCCCC. The molecule has 0 heterocycles. The molecule has 0 amide bonds. The summed E-state index contributed by atoms with van der Waals surface area (Å²) in [7, 11) is 0. The van der Waals surface area contributed by atoms with Crippen molar-refractivity contribution in [3.8, 4) is 0 Å². The highest BCUT2D eigenvalue weighted by Gasteiger charge is 2.17. The van der Waals surface area contributed by atoms with Gasteiger partial charge in [-0.3, -0.25) is 9.59 Å². The van der Waals surface area contributed by atoms with Gasteiger partial charge in [-0.25, -0.2) is 9.59 Å². The number of carbonyl (C=O) groups excluding carboxylic acids is 4. The predicted octanol–water partition coefficient (Wildman–Crippen LogP) is 22.5. The fourth-order valence-electron chi connectivity index (χ4n) is 10.2. The smallest absolute Gasteiger partial charge is 0.417 e. The Bertz CT molecular complexity index is 1090. The monoisotopic (exact) mass is 1090 g/mol. The second-order valence-electron chi connectivity index (χ2n) is 23.3. The first kappa shape index (κ1) is 76.9. The summed E-state index contributed by atoms with van der Waals surface area (Å²) in [4.78, 5) is 47.2. The van der Waals surface area contributed by atoms with Gasteiger partial charge in [0.25, 0.3) is 0 Å². The Labute approximate surface area is 480 Å². The maximum absolute atomic E-state index is 11.8. The fourth-order valence-corrected chi connectivity index (χ4v) is 10.2. The van der Waals surface area contributed by atoms with Gasteiger partial charge >= 0.3 is 23.9 Å². The van der Waals surface area contributed by atoms with Gasteiger partial charge in [0, 0.05) is 0 Å². The molecule has 0 radical (unpaired) electrons. The first-order chi connectivity index (χ1) is 37.9. The molecule has 0 N–H and O–H groups in total. The van der Waals surface area contributed by atoms with Crippen molar-refractivity contribution >= 4 is 23.9 Å². The van der Waals surface area contributed by atoms with Crippen LogP contribution >= 0.6 is 0 Å². The maximum Gasteiger partial charge on any atom is 0.417 e. The van der Waals surface area contributed by atoms with Gasteiger partial charge in [-0.05, 0) is 25.7 Å². The van der Waals surface area contributed by atoms with Gasteiger partial charge in [0.1, 0.15) is 6.42 Å². The summed E-state index contributed by atoms with van der Waals surface area (Å²) in [5.74, 6) is -2.55. The van der Waals surface area contributed by atoms with Crippen LogP contribution in [-0.2, 0) is 38.1 Å². The van der Waals surface area contributed by atoms with E-state index in [1.165, 1.54) is 308 Å². The van der Waals surface area contributed by atoms with E-state index in [0.717, 1.165) is 51.4 Å². The van der Waals surface area contributed by atoms with E-state index in [-0.39, 0.29) is 6.42 Å². The minimum atomic E-state index is -0.829. The topological polar surface area (TPSA) is 105 Å². The van der Waals surface area contributed by atoms with Crippen molar-refractivity contribution in [2.24, 2.45) is 0 Å². The Hall–Kier alpha value is -2.12. The second kappa shape index (κ2) is 70.0. The van der Waals surface area contributed by atoms with Gasteiger partial charge in [0.2, 0.25) is 0 Å². The lowest BCUT2D eigenvalue weighted by atomic mass is 10.0. The number of rotatable bonds is 62. The van der Waals surface area contributed by atoms with Crippen molar-refractivity contribution in [3.63, 3.8) is 0 Å². The molecule has 0 aliphatic rings. The van der Waals surface area contributed by atoms with Crippen molar-refractivity contribution in [1.82, 2.24) is 0 Å². The molecule has 0 bridgehead atoms. The third-order valence-corrected chi connectivity index (χ3v) is 15.4. The molecular formula is C69H134O8. The number of ether oxygens (including phenoxy) is 4. The molecule has 0 aliphatic carbocycles. The summed E-state index contributed by atoms with van der Waals surface area (Å²) >= 11 is 0. The zero-order chi connectivity index (χ0) is 56.3. The van der Waals surface area contributed by atoms with Crippen molar-refractivity contribution in [1.29, 1.82) is 0 Å². The molecule has 0 rings (SSSR count). The minimum Gasteiger partial charge on any atom is -0.465 e. The molecule has 0 atom stereocenters. The van der Waals surface area contributed by atoms with E-state index in [2.05, 4.69) is 27.7 Å². The summed E-state index contributed by atoms with van der Waals surface area (Å²) in [6.07, 6.45) is 72.4. The van der Waals surface area contributed by atoms with E-state index < -0.39 is 23.9 Å². The van der Waals surface area contributed by atoms with Gasteiger partial charge in [-0.1, -0.05) is 362 Å². The number of carbonyl (C=O) groups is 4. The number of hydrogen-bond donors (Lipinski definition) is 0. The van der Waals surface area contributed by atoms with E-state index in [4.69, 9.17) is 18.9 Å². The molecule has 0 saturated heterocycles. The molecule has 0 aromatic rings. The molecule has 0 aromatic heterocycles. The molecule has 0 unspecified atom stereocenters. The van der Waals surface area contributed by atoms with E-state index >= 15 is 0 Å². The standard InChI is InChI=1S/C35H68O4.C34H66O4/c1-3-5-7-9-11-13-15-17-19-21-23-25-27-29-31-38-34(36)33-35(37)39-32-30-28-26-24-22-20-18-16-14-12-10-8-6-4-2;1-3-5-7-9-11-13-15-17-19-21-23-25-27-29-31-37-33(35)34(36)38-32-30-28-26-24-22-20-18-16-14-12-10-8-6-4-2/h3-33H2,1-2H3;3-32H2,1-2H3. The van der Waals surface area contributed by atoms with Crippen LogP contribution in [0.2, 0.25) is 0 Å². The summed E-state index contributed by atoms with van der Waals surface area (Å²) in [6.45, 7) is 10.6. The van der Waals surface area contributed by atoms with Crippen molar-refractivity contribution in [2.75, 3.05) is 26.4 Å². The summed E-state index contributed by atoms with van der Waals surface area (Å²) in [5.41, 5.74) is 0. The zero-order valence-electron chi connectivity index (χ0n) is 52.4. The first-order valence-electron chi connectivity index (χ1n) is 34.6. The molecule has 0 saturated carbocycles. The molecule has 77 heavy (non-hydrogen) atoms. The van der Waals surface area contributed by atoms with E-state index in [1.807, 2.05) is 0 Å². The molecule has 8 nitrogen and oxygen atoms in total. The lowest BCUT2D eigenvalue weighted by molar-refractivity contribution is -0.167. The molecule has 8 heteroatoms. The highest BCUT2D eigenvalue weighted by atomic mass is 16.6. The average molecular weight is 1090 g/mol. The third-order valence-electron chi connectivity index (χ3n) is 15.4. The quantitative estimate of drug-likeness (QED) is 0.0195. The van der Waals surface area contributed by atoms with E-state index in [9.17, 15) is 19.2 Å². The molecule has 0 aliphatic heterocycles. The molecule has 0 fully saturated rings. The Kier molecular flexibility index (Phi) is 69.9. The Morgan fingerprint density at radius 2 is 0.312 bits per heavy atom. The summed E-state index contributed by atoms with van der Waals surface area (Å²) in [6, 6.07) is 0. The second-order valence-corrected chi connectivity index (χ2v) is 23.3. The van der Waals surface area contributed by atoms with Crippen LogP contribution in [0.25, 0.3) is 0 Å². The van der Waals surface area contributed by atoms with Crippen LogP contribution in [0.5, 0.6) is 0 Å². The highest BCUT2D eigenvalue weighted by molar-refractivity contribution is 6.29. The van der Waals surface area contributed by atoms with Crippen LogP contribution in [0, 0.1) is 0 Å². The maximum atomic E-state index is 11.8. The van der Waals surface area contributed by atoms with Crippen LogP contribution in [0.4, 0.5) is 0 Å². The van der Waals surface area contributed by atoms with E-state index in [0.29, 0.717) is 26.4 Å². The zero-order valence-corrected chi connectivity index (χ0v) is 52.4. The summed E-state index contributed by atoms with van der Waals surface area (Å²) < 4.78 is 20.6. The van der Waals surface area contributed by atoms with Gasteiger partial charge in [-0.2, -0.15) is 0 Å². The number of esters is 4. The summed E-state index contributed by atoms with van der Waals surface area (Å²) in [5, 5.41) is 0. The number of hydrogen-bond acceptors (Lipinski definition) is 8. The van der Waals surface area contributed by atoms with E-state index in [1.54, 1.807) is 0 Å². The first-order valence-corrected chi connectivity index (χ1v) is 34.6. The van der Waals surface area contributed by atoms with Crippen LogP contribution in [0.15, 0.2) is 0 Å². The van der Waals surface area contributed by atoms with Crippen LogP contribution in [0.1, 0.15) is 394 Å². The molecule has 458 valence electrons.